The average molecular weight is 350 g/mol. The van der Waals surface area contributed by atoms with Crippen molar-refractivity contribution in [3.05, 3.63) is 53.7 Å². The summed E-state index contributed by atoms with van der Waals surface area (Å²) in [4.78, 5) is 21.6. The van der Waals surface area contributed by atoms with Crippen molar-refractivity contribution in [3.63, 3.8) is 0 Å². The van der Waals surface area contributed by atoms with Gasteiger partial charge in [0, 0.05) is 38.1 Å². The molecule has 1 aliphatic heterocycles. The minimum Gasteiger partial charge on any atom is -0.354 e. The molecule has 5 nitrogen and oxygen atoms in total. The highest BCUT2D eigenvalue weighted by Crippen LogP contribution is 2.25. The number of benzene rings is 1. The summed E-state index contributed by atoms with van der Waals surface area (Å²) >= 11 is 0. The van der Waals surface area contributed by atoms with Crippen LogP contribution in [0.4, 0.5) is 11.5 Å². The zero-order valence-corrected chi connectivity index (χ0v) is 15.3. The van der Waals surface area contributed by atoms with Crippen molar-refractivity contribution in [3.8, 4) is 0 Å². The molecule has 136 valence electrons. The molecule has 5 heteroatoms. The molecule has 26 heavy (non-hydrogen) atoms. The van der Waals surface area contributed by atoms with Crippen molar-refractivity contribution >= 4 is 17.4 Å². The first kappa shape index (κ1) is 17.0. The van der Waals surface area contributed by atoms with Crippen LogP contribution < -0.4 is 10.2 Å². The van der Waals surface area contributed by atoms with E-state index in [1.54, 1.807) is 0 Å². The van der Waals surface area contributed by atoms with Crippen molar-refractivity contribution in [1.29, 1.82) is 0 Å². The van der Waals surface area contributed by atoms with Gasteiger partial charge in [-0.2, -0.15) is 0 Å². The van der Waals surface area contributed by atoms with Crippen LogP contribution >= 0.6 is 0 Å². The summed E-state index contributed by atoms with van der Waals surface area (Å²) in [5.41, 5.74) is 3.75. The Morgan fingerprint density at radius 1 is 1.08 bits per heavy atom. The first-order valence-corrected chi connectivity index (χ1v) is 9.53. The van der Waals surface area contributed by atoms with E-state index in [9.17, 15) is 4.79 Å². The molecule has 2 aliphatic rings. The van der Waals surface area contributed by atoms with E-state index in [0.29, 0.717) is 0 Å². The lowest BCUT2D eigenvalue weighted by Gasteiger charge is -2.37. The van der Waals surface area contributed by atoms with Crippen LogP contribution in [-0.2, 0) is 17.6 Å². The third-order valence-electron chi connectivity index (χ3n) is 5.58. The van der Waals surface area contributed by atoms with E-state index in [1.165, 1.54) is 24.0 Å². The maximum absolute atomic E-state index is 12.7. The topological polar surface area (TPSA) is 48.5 Å². The molecule has 0 unspecified atom stereocenters. The van der Waals surface area contributed by atoms with Crippen LogP contribution in [0.1, 0.15) is 24.5 Å². The monoisotopic (exact) mass is 350 g/mol. The Morgan fingerprint density at radius 3 is 2.65 bits per heavy atom. The lowest BCUT2D eigenvalue weighted by atomic mass is 10.1. The van der Waals surface area contributed by atoms with Crippen LogP contribution in [0.25, 0.3) is 0 Å². The van der Waals surface area contributed by atoms with Gasteiger partial charge in [0.25, 0.3) is 0 Å². The highest BCUT2D eigenvalue weighted by atomic mass is 16.2. The number of amides is 1. The maximum Gasteiger partial charge on any atom is 0.241 e. The molecule has 1 fully saturated rings. The van der Waals surface area contributed by atoms with E-state index in [2.05, 4.69) is 32.2 Å². The van der Waals surface area contributed by atoms with Crippen LogP contribution in [0.2, 0.25) is 0 Å². The lowest BCUT2D eigenvalue weighted by molar-refractivity contribution is -0.120. The van der Waals surface area contributed by atoms with Crippen molar-refractivity contribution in [2.45, 2.75) is 32.2 Å². The maximum atomic E-state index is 12.7. The van der Waals surface area contributed by atoms with Crippen molar-refractivity contribution in [2.24, 2.45) is 0 Å². The number of rotatable bonds is 4. The Balaban J connectivity index is 1.33. The SMILES string of the molecule is C[C@H](C(=O)Nc1ccc2c(c1)CCC2)N1CCN(c2ccccn2)CC1. The molecule has 1 amide bonds. The van der Waals surface area contributed by atoms with Crippen molar-refractivity contribution in [2.75, 3.05) is 36.4 Å². The van der Waals surface area contributed by atoms with Crippen LogP contribution in [0.3, 0.4) is 0 Å². The molecule has 0 bridgehead atoms. The van der Waals surface area contributed by atoms with Gasteiger partial charge < -0.3 is 10.2 Å². The van der Waals surface area contributed by atoms with E-state index in [-0.39, 0.29) is 11.9 Å². The van der Waals surface area contributed by atoms with E-state index >= 15 is 0 Å². The third-order valence-corrected chi connectivity index (χ3v) is 5.58. The number of piperazine rings is 1. The second kappa shape index (κ2) is 7.46. The number of nitrogens with one attached hydrogen (secondary N) is 1. The van der Waals surface area contributed by atoms with Gasteiger partial charge in [0.1, 0.15) is 5.82 Å². The van der Waals surface area contributed by atoms with Gasteiger partial charge in [0.2, 0.25) is 5.91 Å². The van der Waals surface area contributed by atoms with Crippen molar-refractivity contribution < 1.29 is 4.79 Å². The molecule has 1 aliphatic carbocycles. The number of fused-ring (bicyclic) bond motifs is 1. The molecule has 1 aromatic carbocycles. The Hall–Kier alpha value is -2.40. The quantitative estimate of drug-likeness (QED) is 0.921. The summed E-state index contributed by atoms with van der Waals surface area (Å²) in [6, 6.07) is 12.2. The Kier molecular flexibility index (Phi) is 4.89. The Bertz CT molecular complexity index is 769. The standard InChI is InChI=1S/C21H26N4O/c1-16(21(26)23-19-9-8-17-5-4-6-18(17)15-19)24-11-13-25(14-12-24)20-7-2-3-10-22-20/h2-3,7-10,15-16H,4-6,11-14H2,1H3,(H,23,26)/t16-/m1/s1. The smallest absolute Gasteiger partial charge is 0.241 e. The fraction of sp³-hybridized carbons (Fsp3) is 0.429. The fourth-order valence-electron chi connectivity index (χ4n) is 3.94. The molecule has 0 radical (unpaired) electrons. The molecular formula is C21H26N4O. The van der Waals surface area contributed by atoms with Crippen molar-refractivity contribution in [1.82, 2.24) is 9.88 Å². The number of carbonyl (C=O) groups is 1. The summed E-state index contributed by atoms with van der Waals surface area (Å²) < 4.78 is 0. The number of carbonyl (C=O) groups excluding carboxylic acids is 1. The normalized spacial score (nSPS) is 18.4. The van der Waals surface area contributed by atoms with Crippen LogP contribution in [0, 0.1) is 0 Å². The van der Waals surface area contributed by atoms with Gasteiger partial charge in [-0.15, -0.1) is 0 Å². The molecule has 2 aromatic rings. The van der Waals surface area contributed by atoms with Gasteiger partial charge in [0.05, 0.1) is 6.04 Å². The molecular weight excluding hydrogens is 324 g/mol. The molecule has 0 spiro atoms. The van der Waals surface area contributed by atoms with E-state index < -0.39 is 0 Å². The number of pyridine rings is 1. The summed E-state index contributed by atoms with van der Waals surface area (Å²) in [5.74, 6) is 1.09. The summed E-state index contributed by atoms with van der Waals surface area (Å²) in [6.45, 7) is 5.53. The lowest BCUT2D eigenvalue weighted by Crippen LogP contribution is -2.53. The second-order valence-electron chi connectivity index (χ2n) is 7.21. The van der Waals surface area contributed by atoms with E-state index in [1.807, 2.05) is 37.4 Å². The number of aryl methyl sites for hydroxylation is 2. The van der Waals surface area contributed by atoms with Gasteiger partial charge in [-0.25, -0.2) is 4.98 Å². The number of aromatic nitrogens is 1. The molecule has 1 saturated heterocycles. The van der Waals surface area contributed by atoms with Gasteiger partial charge in [-0.1, -0.05) is 12.1 Å². The highest BCUT2D eigenvalue weighted by Gasteiger charge is 2.26. The van der Waals surface area contributed by atoms with Gasteiger partial charge in [-0.3, -0.25) is 9.69 Å². The molecule has 4 rings (SSSR count). The number of nitrogens with zero attached hydrogens (tertiary/aromatic N) is 3. The number of anilines is 2. The van der Waals surface area contributed by atoms with Crippen LogP contribution in [-0.4, -0.2) is 48.0 Å². The predicted octanol–water partition coefficient (Wildman–Crippen LogP) is 2.72. The minimum atomic E-state index is -0.130. The van der Waals surface area contributed by atoms with Gasteiger partial charge in [-0.05, 0) is 61.6 Å². The predicted molar refractivity (Wildman–Crippen MR) is 105 cm³/mol. The average Bonchev–Trinajstić information content (AvgIpc) is 3.16. The fourth-order valence-corrected chi connectivity index (χ4v) is 3.94. The van der Waals surface area contributed by atoms with E-state index in [0.717, 1.165) is 44.1 Å². The van der Waals surface area contributed by atoms with Gasteiger partial charge >= 0.3 is 0 Å². The number of hydrogen-bond acceptors (Lipinski definition) is 4. The molecule has 1 aromatic heterocycles. The minimum absolute atomic E-state index is 0.0780. The van der Waals surface area contributed by atoms with Gasteiger partial charge in [0.15, 0.2) is 0 Å². The van der Waals surface area contributed by atoms with E-state index in [4.69, 9.17) is 0 Å². The summed E-state index contributed by atoms with van der Waals surface area (Å²) in [5, 5.41) is 3.11. The summed E-state index contributed by atoms with van der Waals surface area (Å²) in [7, 11) is 0. The highest BCUT2D eigenvalue weighted by molar-refractivity contribution is 5.94. The largest absolute Gasteiger partial charge is 0.354 e. The Labute approximate surface area is 155 Å². The number of hydrogen-bond donors (Lipinski definition) is 1. The van der Waals surface area contributed by atoms with Crippen LogP contribution in [0.15, 0.2) is 42.6 Å². The zero-order chi connectivity index (χ0) is 17.9. The van der Waals surface area contributed by atoms with Crippen LogP contribution in [0.5, 0.6) is 0 Å². The second-order valence-corrected chi connectivity index (χ2v) is 7.21. The Morgan fingerprint density at radius 2 is 1.88 bits per heavy atom. The molecule has 0 saturated carbocycles. The molecule has 2 heterocycles. The zero-order valence-electron chi connectivity index (χ0n) is 15.3. The molecule has 1 N–H and O–H groups in total. The third kappa shape index (κ3) is 3.58. The first-order valence-electron chi connectivity index (χ1n) is 9.53. The molecule has 1 atom stereocenters. The first-order chi connectivity index (χ1) is 12.7. The summed E-state index contributed by atoms with van der Waals surface area (Å²) in [6.07, 6.45) is 5.35.